The van der Waals surface area contributed by atoms with Crippen LogP contribution in [0.1, 0.15) is 36.7 Å². The molecule has 0 radical (unpaired) electrons. The molecule has 0 saturated carbocycles. The van der Waals surface area contributed by atoms with E-state index in [0.717, 1.165) is 0 Å². The third-order valence-electron chi connectivity index (χ3n) is 3.25. The highest BCUT2D eigenvalue weighted by Gasteiger charge is 2.19. The molecule has 1 aromatic heterocycles. The van der Waals surface area contributed by atoms with Gasteiger partial charge in [0.2, 0.25) is 5.91 Å². The summed E-state index contributed by atoms with van der Waals surface area (Å²) >= 11 is 6.08. The van der Waals surface area contributed by atoms with Gasteiger partial charge in [-0.3, -0.25) is 14.6 Å². The number of pyridine rings is 1. The number of hydrogen-bond donors (Lipinski definition) is 2. The first-order valence-corrected chi connectivity index (χ1v) is 8.55. The molecule has 1 aromatic carbocycles. The number of benzene rings is 1. The van der Waals surface area contributed by atoms with Crippen LogP contribution >= 0.6 is 11.6 Å². The number of hydrogen-bond acceptors (Lipinski definition) is 5. The van der Waals surface area contributed by atoms with Crippen LogP contribution in [-0.2, 0) is 9.53 Å². The fourth-order valence-electron chi connectivity index (χ4n) is 2.14. The molecule has 0 atom stereocenters. The van der Waals surface area contributed by atoms with Gasteiger partial charge in [0.05, 0.1) is 16.9 Å². The van der Waals surface area contributed by atoms with Crippen molar-refractivity contribution in [2.24, 2.45) is 0 Å². The van der Waals surface area contributed by atoms with Gasteiger partial charge >= 0.3 is 6.09 Å². The third kappa shape index (κ3) is 6.07. The van der Waals surface area contributed by atoms with Gasteiger partial charge in [-0.15, -0.1) is 0 Å². The Hall–Kier alpha value is -2.93. The van der Waals surface area contributed by atoms with Crippen LogP contribution in [0.5, 0.6) is 0 Å². The number of nitrogens with zero attached hydrogens (tertiary/aromatic N) is 1. The highest BCUT2D eigenvalue weighted by Crippen LogP contribution is 2.23. The molecule has 2 N–H and O–H groups in total. The molecule has 8 heteroatoms. The van der Waals surface area contributed by atoms with E-state index in [1.54, 1.807) is 45.0 Å². The number of carbonyl (C=O) groups is 3. The van der Waals surface area contributed by atoms with Crippen LogP contribution in [-0.4, -0.2) is 34.9 Å². The first kappa shape index (κ1) is 20.4. The number of ether oxygens (including phenoxy) is 1. The standard InChI is InChI=1S/C19H20ClN3O4/c1-19(2,3)27-18(26)22-11-16(24)23-15-10-21-9-8-13(15)17(25)12-6-4-5-7-14(12)20/h4-10H,11H2,1-3H3,(H,22,26)(H,23,24). The van der Waals surface area contributed by atoms with Gasteiger partial charge in [0.15, 0.2) is 5.78 Å². The Bertz CT molecular complexity index is 862. The maximum atomic E-state index is 12.7. The monoisotopic (exact) mass is 389 g/mol. The fourth-order valence-corrected chi connectivity index (χ4v) is 2.37. The molecule has 0 saturated heterocycles. The molecule has 2 rings (SSSR count). The molecular formula is C19H20ClN3O4. The van der Waals surface area contributed by atoms with E-state index in [9.17, 15) is 14.4 Å². The van der Waals surface area contributed by atoms with Crippen molar-refractivity contribution in [2.45, 2.75) is 26.4 Å². The van der Waals surface area contributed by atoms with E-state index >= 15 is 0 Å². The lowest BCUT2D eigenvalue weighted by Crippen LogP contribution is -2.37. The quantitative estimate of drug-likeness (QED) is 0.763. The van der Waals surface area contributed by atoms with Gasteiger partial charge in [-0.05, 0) is 39.0 Å². The zero-order chi connectivity index (χ0) is 20.0. The molecule has 142 valence electrons. The average Bonchev–Trinajstić information content (AvgIpc) is 2.59. The second-order valence-electron chi connectivity index (χ2n) is 6.63. The molecule has 0 aliphatic rings. The van der Waals surface area contributed by atoms with Gasteiger partial charge in [-0.1, -0.05) is 23.7 Å². The van der Waals surface area contributed by atoms with Crippen LogP contribution in [0.2, 0.25) is 5.02 Å². The number of rotatable bonds is 5. The van der Waals surface area contributed by atoms with E-state index in [1.165, 1.54) is 18.5 Å². The van der Waals surface area contributed by atoms with E-state index in [0.29, 0.717) is 10.6 Å². The first-order chi connectivity index (χ1) is 12.7. The minimum atomic E-state index is -0.712. The second kappa shape index (κ2) is 8.64. The maximum Gasteiger partial charge on any atom is 0.408 e. The maximum absolute atomic E-state index is 12.7. The number of carbonyl (C=O) groups excluding carboxylic acids is 3. The van der Waals surface area contributed by atoms with Gasteiger partial charge in [0.25, 0.3) is 0 Å². The molecule has 2 amide bonds. The van der Waals surface area contributed by atoms with E-state index in [2.05, 4.69) is 15.6 Å². The summed E-state index contributed by atoms with van der Waals surface area (Å²) in [5, 5.41) is 5.22. The average molecular weight is 390 g/mol. The Labute approximate surface area is 162 Å². The number of nitrogens with one attached hydrogen (secondary N) is 2. The van der Waals surface area contributed by atoms with Gasteiger partial charge in [0.1, 0.15) is 12.1 Å². The van der Waals surface area contributed by atoms with Crippen molar-refractivity contribution in [3.8, 4) is 0 Å². The van der Waals surface area contributed by atoms with E-state index in [-0.39, 0.29) is 23.6 Å². The lowest BCUT2D eigenvalue weighted by molar-refractivity contribution is -0.115. The molecular weight excluding hydrogens is 370 g/mol. The van der Waals surface area contributed by atoms with Crippen LogP contribution in [0.25, 0.3) is 0 Å². The summed E-state index contributed by atoms with van der Waals surface area (Å²) in [5.41, 5.74) is 0.105. The van der Waals surface area contributed by atoms with E-state index in [4.69, 9.17) is 16.3 Å². The second-order valence-corrected chi connectivity index (χ2v) is 7.04. The minimum Gasteiger partial charge on any atom is -0.444 e. The summed E-state index contributed by atoms with van der Waals surface area (Å²) in [4.78, 5) is 40.4. The Morgan fingerprint density at radius 3 is 2.48 bits per heavy atom. The summed E-state index contributed by atoms with van der Waals surface area (Å²) in [5.74, 6) is -0.875. The molecule has 0 unspecified atom stereocenters. The zero-order valence-corrected chi connectivity index (χ0v) is 16.0. The van der Waals surface area contributed by atoms with Gasteiger partial charge in [-0.25, -0.2) is 4.79 Å². The number of aromatic nitrogens is 1. The highest BCUT2D eigenvalue weighted by molar-refractivity contribution is 6.35. The zero-order valence-electron chi connectivity index (χ0n) is 15.2. The largest absolute Gasteiger partial charge is 0.444 e. The van der Waals surface area contributed by atoms with Crippen molar-refractivity contribution in [3.63, 3.8) is 0 Å². The van der Waals surface area contributed by atoms with Crippen molar-refractivity contribution in [1.82, 2.24) is 10.3 Å². The van der Waals surface area contributed by atoms with Gasteiger partial charge in [-0.2, -0.15) is 0 Å². The minimum absolute atomic E-state index is 0.221. The molecule has 27 heavy (non-hydrogen) atoms. The first-order valence-electron chi connectivity index (χ1n) is 8.17. The topological polar surface area (TPSA) is 97.4 Å². The van der Waals surface area contributed by atoms with Crippen molar-refractivity contribution in [3.05, 3.63) is 58.9 Å². The molecule has 0 bridgehead atoms. The highest BCUT2D eigenvalue weighted by atomic mass is 35.5. The summed E-state index contributed by atoms with van der Waals surface area (Å²) in [7, 11) is 0. The smallest absolute Gasteiger partial charge is 0.408 e. The summed E-state index contributed by atoms with van der Waals surface area (Å²) in [6.45, 7) is 4.84. The Morgan fingerprint density at radius 2 is 1.81 bits per heavy atom. The van der Waals surface area contributed by atoms with Crippen LogP contribution in [0.15, 0.2) is 42.7 Å². The fraction of sp³-hybridized carbons (Fsp3) is 0.263. The Morgan fingerprint density at radius 1 is 1.11 bits per heavy atom. The van der Waals surface area contributed by atoms with Crippen LogP contribution in [0.4, 0.5) is 10.5 Å². The number of alkyl carbamates (subject to hydrolysis) is 1. The van der Waals surface area contributed by atoms with E-state index in [1.807, 2.05) is 0 Å². The van der Waals surface area contributed by atoms with Crippen molar-refractivity contribution in [2.75, 3.05) is 11.9 Å². The lowest BCUT2D eigenvalue weighted by Gasteiger charge is -2.19. The van der Waals surface area contributed by atoms with Crippen molar-refractivity contribution >= 4 is 35.1 Å². The summed E-state index contributed by atoms with van der Waals surface area (Å²) < 4.78 is 5.06. The SMILES string of the molecule is CC(C)(C)OC(=O)NCC(=O)Nc1cnccc1C(=O)c1ccccc1Cl. The molecule has 0 aliphatic carbocycles. The molecule has 0 aliphatic heterocycles. The van der Waals surface area contributed by atoms with Crippen molar-refractivity contribution in [1.29, 1.82) is 0 Å². The lowest BCUT2D eigenvalue weighted by atomic mass is 10.0. The van der Waals surface area contributed by atoms with Crippen LogP contribution in [0, 0.1) is 0 Å². The van der Waals surface area contributed by atoms with Crippen molar-refractivity contribution < 1.29 is 19.1 Å². The van der Waals surface area contributed by atoms with Gasteiger partial charge in [0, 0.05) is 17.3 Å². The molecule has 7 nitrogen and oxygen atoms in total. The molecule has 0 spiro atoms. The number of amides is 2. The Kier molecular flexibility index (Phi) is 6.52. The number of ketones is 1. The summed E-state index contributed by atoms with van der Waals surface area (Å²) in [6.07, 6.45) is 2.09. The predicted molar refractivity (Wildman–Crippen MR) is 102 cm³/mol. The number of halogens is 1. The summed E-state index contributed by atoms with van der Waals surface area (Å²) in [6, 6.07) is 8.11. The van der Waals surface area contributed by atoms with Crippen LogP contribution < -0.4 is 10.6 Å². The van der Waals surface area contributed by atoms with E-state index < -0.39 is 17.6 Å². The normalized spacial score (nSPS) is 10.8. The van der Waals surface area contributed by atoms with Crippen LogP contribution in [0.3, 0.4) is 0 Å². The molecule has 1 heterocycles. The number of anilines is 1. The van der Waals surface area contributed by atoms with Gasteiger partial charge < -0.3 is 15.4 Å². The third-order valence-corrected chi connectivity index (χ3v) is 3.58. The molecule has 2 aromatic rings. The molecule has 0 fully saturated rings. The Balaban J connectivity index is 2.08. The predicted octanol–water partition coefficient (Wildman–Crippen LogP) is 3.43.